The summed E-state index contributed by atoms with van der Waals surface area (Å²) in [4.78, 5) is 20.5. The van der Waals surface area contributed by atoms with Gasteiger partial charge in [0.15, 0.2) is 5.76 Å². The Morgan fingerprint density at radius 2 is 2.19 bits per heavy atom. The van der Waals surface area contributed by atoms with Crippen LogP contribution < -0.4 is 10.2 Å². The molecule has 1 aliphatic heterocycles. The van der Waals surface area contributed by atoms with E-state index < -0.39 is 0 Å². The van der Waals surface area contributed by atoms with Crippen molar-refractivity contribution < 1.29 is 13.6 Å². The Morgan fingerprint density at radius 1 is 1.41 bits per heavy atom. The van der Waals surface area contributed by atoms with Crippen molar-refractivity contribution in [3.05, 3.63) is 24.1 Å². The van der Waals surface area contributed by atoms with E-state index in [2.05, 4.69) is 28.2 Å². The number of carbonyl (C=O) groups is 1. The maximum Gasteiger partial charge on any atom is 0.266 e. The van der Waals surface area contributed by atoms with Crippen LogP contribution in [0.3, 0.4) is 0 Å². The third kappa shape index (κ3) is 4.68. The molecule has 0 radical (unpaired) electrons. The van der Waals surface area contributed by atoms with Crippen LogP contribution in [0.2, 0.25) is 0 Å². The molecule has 1 aliphatic rings. The normalized spacial score (nSPS) is 16.1. The summed E-state index contributed by atoms with van der Waals surface area (Å²) in [6.45, 7) is 7.30. The Morgan fingerprint density at radius 3 is 2.81 bits per heavy atom. The van der Waals surface area contributed by atoms with Gasteiger partial charge in [0.2, 0.25) is 17.5 Å². The van der Waals surface area contributed by atoms with Crippen molar-refractivity contribution in [2.24, 2.45) is 0 Å². The van der Waals surface area contributed by atoms with Crippen molar-refractivity contribution in [1.82, 2.24) is 15.2 Å². The molecule has 0 aromatic carbocycles. The van der Waals surface area contributed by atoms with E-state index in [1.807, 2.05) is 11.8 Å². The molecule has 1 saturated heterocycles. The van der Waals surface area contributed by atoms with Gasteiger partial charge < -0.3 is 19.1 Å². The number of furan rings is 1. The molecular formula is C19H25N5O3. The predicted octanol–water partition coefficient (Wildman–Crippen LogP) is 2.23. The predicted molar refractivity (Wildman–Crippen MR) is 100 cm³/mol. The first-order valence-electron chi connectivity index (χ1n) is 9.32. The average Bonchev–Trinajstić information content (AvgIpc) is 3.32. The SMILES string of the molecule is CCC[C@H](C)NC(=O)CN1CCN(c2oc(-c3ccco3)nc2C#N)CC1. The molecular weight excluding hydrogens is 346 g/mol. The minimum Gasteiger partial charge on any atom is -0.459 e. The summed E-state index contributed by atoms with van der Waals surface area (Å²) >= 11 is 0. The molecule has 8 nitrogen and oxygen atoms in total. The van der Waals surface area contributed by atoms with Gasteiger partial charge in [-0.3, -0.25) is 9.69 Å². The molecule has 0 bridgehead atoms. The van der Waals surface area contributed by atoms with Gasteiger partial charge in [-0.2, -0.15) is 10.2 Å². The van der Waals surface area contributed by atoms with E-state index in [0.29, 0.717) is 37.2 Å². The first-order chi connectivity index (χ1) is 13.1. The standard InChI is InChI=1S/C19H25N5O3/c1-3-5-14(2)21-17(25)13-23-7-9-24(10-8-23)19-15(12-20)22-18(27-19)16-6-4-11-26-16/h4,6,11,14H,3,5,7-10,13H2,1-2H3,(H,21,25)/t14-/m0/s1. The average molecular weight is 371 g/mol. The lowest BCUT2D eigenvalue weighted by Gasteiger charge is -2.34. The third-order valence-corrected chi connectivity index (χ3v) is 4.60. The Kier molecular flexibility index (Phi) is 6.14. The zero-order valence-electron chi connectivity index (χ0n) is 15.8. The van der Waals surface area contributed by atoms with E-state index in [1.54, 1.807) is 12.1 Å². The number of nitrogens with one attached hydrogen (secondary N) is 1. The summed E-state index contributed by atoms with van der Waals surface area (Å²) in [7, 11) is 0. The number of hydrogen-bond acceptors (Lipinski definition) is 7. The lowest BCUT2D eigenvalue weighted by atomic mass is 10.2. The second-order valence-electron chi connectivity index (χ2n) is 6.78. The number of aromatic nitrogens is 1. The van der Waals surface area contributed by atoms with Crippen molar-refractivity contribution in [3.63, 3.8) is 0 Å². The number of rotatable bonds is 7. The Balaban J connectivity index is 1.56. The number of nitriles is 1. The molecule has 0 saturated carbocycles. The Labute approximate surface area is 158 Å². The lowest BCUT2D eigenvalue weighted by molar-refractivity contribution is -0.123. The maximum absolute atomic E-state index is 12.1. The van der Waals surface area contributed by atoms with Gasteiger partial charge >= 0.3 is 0 Å². The fourth-order valence-corrected chi connectivity index (χ4v) is 3.24. The minimum absolute atomic E-state index is 0.0573. The molecule has 1 fully saturated rings. The van der Waals surface area contributed by atoms with Gasteiger partial charge in [-0.1, -0.05) is 13.3 Å². The minimum atomic E-state index is 0.0573. The molecule has 2 aromatic rings. The van der Waals surface area contributed by atoms with Crippen LogP contribution in [0.25, 0.3) is 11.7 Å². The Hall–Kier alpha value is -2.79. The monoisotopic (exact) mass is 371 g/mol. The molecule has 0 spiro atoms. The summed E-state index contributed by atoms with van der Waals surface area (Å²) < 4.78 is 11.1. The van der Waals surface area contributed by atoms with Gasteiger partial charge in [0.05, 0.1) is 12.8 Å². The number of anilines is 1. The van der Waals surface area contributed by atoms with Crippen LogP contribution in [0.4, 0.5) is 5.88 Å². The van der Waals surface area contributed by atoms with Crippen LogP contribution in [0.1, 0.15) is 32.4 Å². The smallest absolute Gasteiger partial charge is 0.266 e. The lowest BCUT2D eigenvalue weighted by Crippen LogP contribution is -2.50. The van der Waals surface area contributed by atoms with Gasteiger partial charge in [0.1, 0.15) is 6.07 Å². The quantitative estimate of drug-likeness (QED) is 0.797. The highest BCUT2D eigenvalue weighted by atomic mass is 16.4. The molecule has 8 heteroatoms. The number of piperazine rings is 1. The first-order valence-corrected chi connectivity index (χ1v) is 9.32. The summed E-state index contributed by atoms with van der Waals surface area (Å²) in [5, 5.41) is 12.4. The number of nitrogens with zero attached hydrogens (tertiary/aromatic N) is 4. The maximum atomic E-state index is 12.1. The van der Waals surface area contributed by atoms with E-state index in [0.717, 1.165) is 25.9 Å². The van der Waals surface area contributed by atoms with Crippen LogP contribution >= 0.6 is 0 Å². The van der Waals surface area contributed by atoms with Gasteiger partial charge in [-0.15, -0.1) is 0 Å². The zero-order valence-corrected chi connectivity index (χ0v) is 15.8. The highest BCUT2D eigenvalue weighted by Crippen LogP contribution is 2.28. The van der Waals surface area contributed by atoms with Crippen LogP contribution in [0.15, 0.2) is 27.2 Å². The highest BCUT2D eigenvalue weighted by Gasteiger charge is 2.26. The van der Waals surface area contributed by atoms with Crippen LogP contribution in [0.5, 0.6) is 0 Å². The van der Waals surface area contributed by atoms with Gasteiger partial charge in [0.25, 0.3) is 5.89 Å². The molecule has 27 heavy (non-hydrogen) atoms. The molecule has 1 N–H and O–H groups in total. The molecule has 2 aromatic heterocycles. The van der Waals surface area contributed by atoms with E-state index >= 15 is 0 Å². The number of amides is 1. The van der Waals surface area contributed by atoms with E-state index in [1.165, 1.54) is 6.26 Å². The molecule has 1 atom stereocenters. The van der Waals surface area contributed by atoms with Crippen molar-refractivity contribution >= 4 is 11.8 Å². The van der Waals surface area contributed by atoms with Crippen LogP contribution in [0, 0.1) is 11.3 Å². The number of carbonyl (C=O) groups excluding carboxylic acids is 1. The largest absolute Gasteiger partial charge is 0.459 e. The Bertz CT molecular complexity index is 785. The number of oxazole rings is 1. The van der Waals surface area contributed by atoms with Crippen molar-refractivity contribution in [1.29, 1.82) is 5.26 Å². The van der Waals surface area contributed by atoms with E-state index in [-0.39, 0.29) is 17.6 Å². The summed E-state index contributed by atoms with van der Waals surface area (Å²) in [5.41, 5.74) is 0.251. The molecule has 1 amide bonds. The van der Waals surface area contributed by atoms with Gasteiger partial charge in [0, 0.05) is 32.2 Å². The molecule has 0 aliphatic carbocycles. The van der Waals surface area contributed by atoms with Crippen molar-refractivity contribution in [2.75, 3.05) is 37.6 Å². The molecule has 0 unspecified atom stereocenters. The molecule has 144 valence electrons. The fraction of sp³-hybridized carbons (Fsp3) is 0.526. The first kappa shape index (κ1) is 19.0. The molecule has 3 heterocycles. The van der Waals surface area contributed by atoms with E-state index in [4.69, 9.17) is 8.83 Å². The van der Waals surface area contributed by atoms with E-state index in [9.17, 15) is 10.1 Å². The number of hydrogen-bond donors (Lipinski definition) is 1. The topological polar surface area (TPSA) is 98.5 Å². The molecule has 3 rings (SSSR count). The van der Waals surface area contributed by atoms with Gasteiger partial charge in [-0.05, 0) is 25.5 Å². The second kappa shape index (κ2) is 8.73. The van der Waals surface area contributed by atoms with Crippen LogP contribution in [-0.2, 0) is 4.79 Å². The summed E-state index contributed by atoms with van der Waals surface area (Å²) in [5.74, 6) is 1.32. The highest BCUT2D eigenvalue weighted by molar-refractivity contribution is 5.78. The third-order valence-electron chi connectivity index (χ3n) is 4.60. The summed E-state index contributed by atoms with van der Waals surface area (Å²) in [6.07, 6.45) is 3.58. The zero-order chi connectivity index (χ0) is 19.2. The van der Waals surface area contributed by atoms with Gasteiger partial charge in [-0.25, -0.2) is 0 Å². The second-order valence-corrected chi connectivity index (χ2v) is 6.78. The van der Waals surface area contributed by atoms with Crippen molar-refractivity contribution in [3.8, 4) is 17.7 Å². The fourth-order valence-electron chi connectivity index (χ4n) is 3.24. The van der Waals surface area contributed by atoms with Crippen molar-refractivity contribution in [2.45, 2.75) is 32.7 Å². The van der Waals surface area contributed by atoms with Crippen LogP contribution in [-0.4, -0.2) is 54.6 Å². The summed E-state index contributed by atoms with van der Waals surface area (Å²) in [6, 6.07) is 5.78.